The number of hydrogen-bond acceptors (Lipinski definition) is 8. The summed E-state index contributed by atoms with van der Waals surface area (Å²) in [7, 11) is 3.16. The van der Waals surface area contributed by atoms with Crippen molar-refractivity contribution in [2.75, 3.05) is 12.8 Å². The zero-order chi connectivity index (χ0) is 24.4. The Hall–Kier alpha value is -4.37. The molecule has 0 saturated heterocycles. The van der Waals surface area contributed by atoms with Gasteiger partial charge in [-0.1, -0.05) is 0 Å². The number of aromatic hydroxyl groups is 1. The Bertz CT molecular complexity index is 1340. The van der Waals surface area contributed by atoms with Gasteiger partial charge in [0.1, 0.15) is 23.7 Å². The summed E-state index contributed by atoms with van der Waals surface area (Å²) in [4.78, 5) is 26.6. The van der Waals surface area contributed by atoms with E-state index < -0.39 is 29.2 Å². The van der Waals surface area contributed by atoms with Gasteiger partial charge >= 0.3 is 5.97 Å². The van der Waals surface area contributed by atoms with Crippen LogP contribution < -0.4 is 21.3 Å². The fourth-order valence-electron chi connectivity index (χ4n) is 3.51. The van der Waals surface area contributed by atoms with Gasteiger partial charge in [-0.05, 0) is 32.2 Å². The lowest BCUT2D eigenvalue weighted by molar-refractivity contribution is 0.0691. The number of nitriles is 1. The quantitative estimate of drug-likeness (QED) is 0.353. The van der Waals surface area contributed by atoms with Crippen molar-refractivity contribution in [1.82, 2.24) is 20.1 Å². The van der Waals surface area contributed by atoms with Crippen molar-refractivity contribution in [2.24, 2.45) is 7.05 Å². The third kappa shape index (κ3) is 4.21. The maximum Gasteiger partial charge on any atom is 0.336 e. The van der Waals surface area contributed by atoms with Crippen LogP contribution in [0, 0.1) is 17.1 Å². The summed E-state index contributed by atoms with van der Waals surface area (Å²) >= 11 is 0. The molecule has 0 aliphatic rings. The van der Waals surface area contributed by atoms with Gasteiger partial charge in [-0.3, -0.25) is 9.48 Å². The number of anilines is 1. The van der Waals surface area contributed by atoms with Crippen LogP contribution in [0.2, 0.25) is 0 Å². The van der Waals surface area contributed by atoms with E-state index in [0.717, 1.165) is 18.2 Å². The Morgan fingerprint density at radius 3 is 2.76 bits per heavy atom. The number of halogens is 1. The van der Waals surface area contributed by atoms with Crippen molar-refractivity contribution in [1.29, 1.82) is 5.26 Å². The van der Waals surface area contributed by atoms with E-state index in [-0.39, 0.29) is 46.1 Å². The molecule has 2 aromatic heterocycles. The molecule has 12 heteroatoms. The van der Waals surface area contributed by atoms with Gasteiger partial charge < -0.3 is 31.0 Å². The molecule has 6 N–H and O–H groups in total. The summed E-state index contributed by atoms with van der Waals surface area (Å²) in [5.41, 5.74) is 4.99. The van der Waals surface area contributed by atoms with Crippen molar-refractivity contribution >= 4 is 11.8 Å². The molecule has 1 atom stereocenters. The number of carboxylic acid groups (broad SMARTS) is 1. The van der Waals surface area contributed by atoms with Gasteiger partial charge in [0.15, 0.2) is 11.6 Å². The van der Waals surface area contributed by atoms with Crippen LogP contribution in [0.5, 0.6) is 11.5 Å². The molecule has 0 saturated carbocycles. The van der Waals surface area contributed by atoms with Crippen LogP contribution in [0.4, 0.5) is 10.2 Å². The van der Waals surface area contributed by atoms with Crippen molar-refractivity contribution in [3.8, 4) is 28.7 Å². The maximum atomic E-state index is 13.8. The summed E-state index contributed by atoms with van der Waals surface area (Å²) in [6.07, 6.45) is -1.08. The van der Waals surface area contributed by atoms with Crippen molar-refractivity contribution in [2.45, 2.75) is 19.6 Å². The zero-order valence-electron chi connectivity index (χ0n) is 17.9. The van der Waals surface area contributed by atoms with Gasteiger partial charge in [-0.15, -0.1) is 0 Å². The number of ether oxygens (including phenoxy) is 1. The molecular formula is C21H21FN6O5. The second kappa shape index (κ2) is 9.01. The largest absolute Gasteiger partial charge is 0.504 e. The minimum Gasteiger partial charge on any atom is -0.504 e. The van der Waals surface area contributed by atoms with Gasteiger partial charge in [0, 0.05) is 19.2 Å². The molecule has 1 unspecified atom stereocenters. The molecule has 0 amide bonds. The number of nitrogens with two attached hydrogens (primary N) is 1. The molecule has 172 valence electrons. The number of nitrogens with zero attached hydrogens (tertiary/aromatic N) is 3. The van der Waals surface area contributed by atoms with Crippen LogP contribution in [-0.2, 0) is 13.6 Å². The lowest BCUT2D eigenvalue weighted by atomic mass is 10.0. The highest BCUT2D eigenvalue weighted by Gasteiger charge is 2.28. The number of aromatic amines is 1. The molecule has 0 spiro atoms. The number of carbonyl (C=O) groups is 1. The number of nitrogens with one attached hydrogen (secondary N) is 2. The van der Waals surface area contributed by atoms with E-state index in [1.807, 2.05) is 6.07 Å². The number of aromatic nitrogens is 3. The Balaban J connectivity index is 2.19. The van der Waals surface area contributed by atoms with E-state index in [1.54, 1.807) is 7.05 Å². The predicted octanol–water partition coefficient (Wildman–Crippen LogP) is 1.63. The number of rotatable bonds is 7. The van der Waals surface area contributed by atoms with E-state index in [2.05, 4.69) is 15.4 Å². The zero-order valence-corrected chi connectivity index (χ0v) is 17.9. The van der Waals surface area contributed by atoms with E-state index in [4.69, 9.17) is 10.5 Å². The lowest BCUT2D eigenvalue weighted by Crippen LogP contribution is -2.17. The molecule has 2 heterocycles. The number of aromatic carboxylic acids is 1. The average molecular weight is 456 g/mol. The van der Waals surface area contributed by atoms with Crippen molar-refractivity contribution < 1.29 is 24.1 Å². The van der Waals surface area contributed by atoms with Crippen LogP contribution in [0.15, 0.2) is 23.0 Å². The fraction of sp³-hybridized carbons (Fsp3) is 0.238. The second-order valence-corrected chi connectivity index (χ2v) is 7.15. The number of pyridine rings is 1. The smallest absolute Gasteiger partial charge is 0.336 e. The summed E-state index contributed by atoms with van der Waals surface area (Å²) in [5, 5.41) is 37.0. The van der Waals surface area contributed by atoms with Crippen LogP contribution in [0.25, 0.3) is 11.1 Å². The first-order chi connectivity index (χ1) is 15.6. The summed E-state index contributed by atoms with van der Waals surface area (Å²) in [5.74, 6) is -3.35. The first kappa shape index (κ1) is 23.3. The molecule has 0 radical (unpaired) electrons. The van der Waals surface area contributed by atoms with Gasteiger partial charge in [0.05, 0.1) is 22.4 Å². The van der Waals surface area contributed by atoms with Crippen LogP contribution in [0.1, 0.15) is 40.3 Å². The monoisotopic (exact) mass is 456 g/mol. The molecular weight excluding hydrogens is 435 g/mol. The molecule has 11 nitrogen and oxygen atoms in total. The lowest BCUT2D eigenvalue weighted by Gasteiger charge is -2.20. The minimum atomic E-state index is -1.30. The van der Waals surface area contributed by atoms with Crippen molar-refractivity contribution in [3.63, 3.8) is 0 Å². The summed E-state index contributed by atoms with van der Waals surface area (Å²) in [6.45, 7) is 1.62. The van der Waals surface area contributed by atoms with Gasteiger partial charge in [0.2, 0.25) is 5.75 Å². The molecule has 0 aliphatic carbocycles. The van der Waals surface area contributed by atoms with Crippen LogP contribution in [-0.4, -0.2) is 38.0 Å². The molecule has 0 aliphatic heterocycles. The third-order valence-electron chi connectivity index (χ3n) is 4.97. The first-order valence-corrected chi connectivity index (χ1v) is 9.65. The number of nitrogen functional groups attached to an aromatic ring is 1. The topological polar surface area (TPSA) is 179 Å². The Morgan fingerprint density at radius 2 is 2.15 bits per heavy atom. The number of benzene rings is 1. The third-order valence-corrected chi connectivity index (χ3v) is 4.97. The normalized spacial score (nSPS) is 11.7. The number of aryl methyl sites for hydroxylation is 1. The molecule has 0 fully saturated rings. The van der Waals surface area contributed by atoms with E-state index in [0.29, 0.717) is 5.69 Å². The van der Waals surface area contributed by atoms with E-state index >= 15 is 0 Å². The van der Waals surface area contributed by atoms with Crippen molar-refractivity contribution in [3.05, 3.63) is 56.9 Å². The maximum absolute atomic E-state index is 13.8. The Labute approximate surface area is 186 Å². The average Bonchev–Trinajstić information content (AvgIpc) is 3.05. The second-order valence-electron chi connectivity index (χ2n) is 7.15. The number of H-pyrrole nitrogens is 1. The summed E-state index contributed by atoms with van der Waals surface area (Å²) in [6, 6.07) is 5.04. The minimum absolute atomic E-state index is 0.0102. The molecule has 3 aromatic rings. The highest BCUT2D eigenvalue weighted by molar-refractivity contribution is 5.89. The Morgan fingerprint density at radius 1 is 1.45 bits per heavy atom. The number of hydrogen-bond donors (Lipinski definition) is 5. The molecule has 0 bridgehead atoms. The molecule has 33 heavy (non-hydrogen) atoms. The standard InChI is InChI=1S/C21H21FN6O5/c1-9(12-6-10(22)4-5-11(12)21(31)32)33-18-17(29)16(20(30)26-19(18)24)15-13(8-25-2)27-28(3)14(15)7-23/h4-6,9,25H,8H2,1-3H3,(H,31,32)(H4,24,26,29,30). The molecule has 3 rings (SSSR count). The highest BCUT2D eigenvalue weighted by Crippen LogP contribution is 2.42. The van der Waals surface area contributed by atoms with Crippen LogP contribution in [0.3, 0.4) is 0 Å². The van der Waals surface area contributed by atoms with Gasteiger partial charge in [0.25, 0.3) is 5.56 Å². The fourth-order valence-corrected chi connectivity index (χ4v) is 3.51. The van der Waals surface area contributed by atoms with Gasteiger partial charge in [-0.2, -0.15) is 10.4 Å². The van der Waals surface area contributed by atoms with Crippen LogP contribution >= 0.6 is 0 Å². The Kier molecular flexibility index (Phi) is 6.36. The highest BCUT2D eigenvalue weighted by atomic mass is 19.1. The SMILES string of the molecule is CNCc1nn(C)c(C#N)c1-c1c(O)c(OC(C)c2cc(F)ccc2C(=O)O)c(N)[nH]c1=O. The number of carboxylic acids is 1. The molecule has 1 aromatic carbocycles. The van der Waals surface area contributed by atoms with Gasteiger partial charge in [-0.25, -0.2) is 9.18 Å². The van der Waals surface area contributed by atoms with E-state index in [9.17, 15) is 29.5 Å². The van der Waals surface area contributed by atoms with E-state index in [1.165, 1.54) is 18.7 Å². The predicted molar refractivity (Wildman–Crippen MR) is 115 cm³/mol. The first-order valence-electron chi connectivity index (χ1n) is 9.65. The summed E-state index contributed by atoms with van der Waals surface area (Å²) < 4.78 is 20.8.